The maximum Gasteiger partial charge on any atom is 0.141 e. The van der Waals surface area contributed by atoms with Gasteiger partial charge in [-0.05, 0) is 43.3 Å². The Kier molecular flexibility index (Phi) is 4.47. The van der Waals surface area contributed by atoms with Gasteiger partial charge in [0.1, 0.15) is 11.5 Å². The van der Waals surface area contributed by atoms with Crippen LogP contribution in [0.4, 0.5) is 5.69 Å². The summed E-state index contributed by atoms with van der Waals surface area (Å²) in [5.41, 5.74) is 3.14. The van der Waals surface area contributed by atoms with Crippen molar-refractivity contribution >= 4 is 28.2 Å². The molecule has 0 amide bonds. The quantitative estimate of drug-likeness (QED) is 0.757. The van der Waals surface area contributed by atoms with E-state index in [1.54, 1.807) is 0 Å². The third kappa shape index (κ3) is 3.41. The van der Waals surface area contributed by atoms with Gasteiger partial charge in [0.05, 0.1) is 5.52 Å². The van der Waals surface area contributed by atoms with Crippen molar-refractivity contribution in [2.75, 3.05) is 31.1 Å². The molecular formula is C20H20ClN3O. The van der Waals surface area contributed by atoms with Crippen molar-refractivity contribution in [2.24, 2.45) is 0 Å². The molecule has 4 nitrogen and oxygen atoms in total. The molecule has 1 aliphatic rings. The lowest BCUT2D eigenvalue weighted by Crippen LogP contribution is -2.43. The molecule has 0 radical (unpaired) electrons. The lowest BCUT2D eigenvalue weighted by Gasteiger charge is -2.29. The normalized spacial score (nSPS) is 14.7. The highest BCUT2D eigenvalue weighted by Crippen LogP contribution is 2.35. The molecule has 0 unspecified atom stereocenters. The fraction of sp³-hybridized carbons (Fsp3) is 0.250. The average Bonchev–Trinajstić information content (AvgIpc) is 2.64. The number of rotatable bonds is 3. The van der Waals surface area contributed by atoms with E-state index in [0.29, 0.717) is 5.02 Å². The lowest BCUT2D eigenvalue weighted by atomic mass is 10.1. The Morgan fingerprint density at radius 1 is 1.12 bits per heavy atom. The number of benzene rings is 2. The molecule has 3 aromatic rings. The van der Waals surface area contributed by atoms with Gasteiger partial charge in [-0.25, -0.2) is 0 Å². The molecule has 2 aromatic carbocycles. The molecule has 0 atom stereocenters. The highest BCUT2D eigenvalue weighted by Gasteiger charge is 2.14. The van der Waals surface area contributed by atoms with Crippen LogP contribution in [0.5, 0.6) is 11.5 Å². The second kappa shape index (κ2) is 6.90. The highest BCUT2D eigenvalue weighted by atomic mass is 35.5. The Hall–Kier alpha value is -2.30. The van der Waals surface area contributed by atoms with Crippen molar-refractivity contribution < 1.29 is 4.74 Å². The van der Waals surface area contributed by atoms with Gasteiger partial charge in [-0.1, -0.05) is 17.7 Å². The fourth-order valence-electron chi connectivity index (χ4n) is 3.16. The van der Waals surface area contributed by atoms with Crippen molar-refractivity contribution in [3.05, 3.63) is 59.2 Å². The predicted octanol–water partition coefficient (Wildman–Crippen LogP) is 4.40. The molecule has 0 bridgehead atoms. The minimum absolute atomic E-state index is 0.662. The van der Waals surface area contributed by atoms with Crippen LogP contribution in [0.25, 0.3) is 10.9 Å². The predicted molar refractivity (Wildman–Crippen MR) is 103 cm³/mol. The van der Waals surface area contributed by atoms with Crippen LogP contribution in [0.1, 0.15) is 5.56 Å². The Morgan fingerprint density at radius 2 is 1.96 bits per heavy atom. The number of piperazine rings is 1. The van der Waals surface area contributed by atoms with Crippen LogP contribution in [0.15, 0.2) is 48.7 Å². The van der Waals surface area contributed by atoms with Gasteiger partial charge in [0, 0.05) is 54.0 Å². The molecule has 1 N–H and O–H groups in total. The number of halogens is 1. The number of hydrogen-bond donors (Lipinski definition) is 1. The summed E-state index contributed by atoms with van der Waals surface area (Å²) in [6.07, 6.45) is 1.85. The van der Waals surface area contributed by atoms with Gasteiger partial charge >= 0.3 is 0 Å². The van der Waals surface area contributed by atoms with E-state index < -0.39 is 0 Å². The smallest absolute Gasteiger partial charge is 0.141 e. The summed E-state index contributed by atoms with van der Waals surface area (Å²) < 4.78 is 6.19. The van der Waals surface area contributed by atoms with Gasteiger partial charge in [-0.2, -0.15) is 0 Å². The van der Waals surface area contributed by atoms with Crippen molar-refractivity contribution in [3.63, 3.8) is 0 Å². The van der Waals surface area contributed by atoms with E-state index >= 15 is 0 Å². The zero-order chi connectivity index (χ0) is 17.2. The Balaban J connectivity index is 1.77. The molecule has 0 spiro atoms. The van der Waals surface area contributed by atoms with E-state index in [1.165, 1.54) is 5.69 Å². The summed E-state index contributed by atoms with van der Waals surface area (Å²) in [7, 11) is 0. The van der Waals surface area contributed by atoms with Gasteiger partial charge in [0.25, 0.3) is 0 Å². The number of hydrogen-bond acceptors (Lipinski definition) is 4. The Bertz CT molecular complexity index is 907. The fourth-order valence-corrected chi connectivity index (χ4v) is 3.34. The molecule has 4 rings (SSSR count). The maximum absolute atomic E-state index is 6.19. The first-order valence-corrected chi connectivity index (χ1v) is 8.87. The summed E-state index contributed by atoms with van der Waals surface area (Å²) in [6.45, 7) is 6.06. The molecular weight excluding hydrogens is 334 g/mol. The summed E-state index contributed by atoms with van der Waals surface area (Å²) in [4.78, 5) is 6.94. The number of fused-ring (bicyclic) bond motifs is 1. The summed E-state index contributed by atoms with van der Waals surface area (Å²) in [5.74, 6) is 1.57. The van der Waals surface area contributed by atoms with E-state index in [2.05, 4.69) is 33.4 Å². The van der Waals surface area contributed by atoms with Gasteiger partial charge in [0.2, 0.25) is 0 Å². The molecule has 128 valence electrons. The van der Waals surface area contributed by atoms with Crippen molar-refractivity contribution in [2.45, 2.75) is 6.92 Å². The number of nitrogens with one attached hydrogen (secondary N) is 1. The lowest BCUT2D eigenvalue weighted by molar-refractivity contribution is 0.484. The maximum atomic E-state index is 6.19. The van der Waals surface area contributed by atoms with E-state index in [-0.39, 0.29) is 0 Å². The molecule has 2 heterocycles. The minimum Gasteiger partial charge on any atom is -0.456 e. The molecule has 1 fully saturated rings. The third-order valence-electron chi connectivity index (χ3n) is 4.48. The van der Waals surface area contributed by atoms with Crippen molar-refractivity contribution in [3.8, 4) is 11.5 Å². The Labute approximate surface area is 152 Å². The highest BCUT2D eigenvalue weighted by molar-refractivity contribution is 6.30. The second-order valence-electron chi connectivity index (χ2n) is 6.27. The minimum atomic E-state index is 0.662. The molecule has 5 heteroatoms. The monoisotopic (exact) mass is 353 g/mol. The van der Waals surface area contributed by atoms with Crippen LogP contribution in [0.3, 0.4) is 0 Å². The number of nitrogens with zero attached hydrogens (tertiary/aromatic N) is 2. The number of aromatic nitrogens is 1. The van der Waals surface area contributed by atoms with Gasteiger partial charge in [-0.3, -0.25) is 4.98 Å². The van der Waals surface area contributed by atoms with Crippen LogP contribution in [0, 0.1) is 6.92 Å². The molecule has 1 aromatic heterocycles. The first-order valence-electron chi connectivity index (χ1n) is 8.49. The van der Waals surface area contributed by atoms with E-state index in [9.17, 15) is 0 Å². The first kappa shape index (κ1) is 16.2. The molecule has 25 heavy (non-hydrogen) atoms. The van der Waals surface area contributed by atoms with E-state index in [0.717, 1.165) is 54.1 Å². The first-order chi connectivity index (χ1) is 12.2. The van der Waals surface area contributed by atoms with Gasteiger partial charge < -0.3 is 15.0 Å². The number of aryl methyl sites for hydroxylation is 1. The van der Waals surface area contributed by atoms with Crippen molar-refractivity contribution in [1.82, 2.24) is 10.3 Å². The Morgan fingerprint density at radius 3 is 2.76 bits per heavy atom. The zero-order valence-corrected chi connectivity index (χ0v) is 14.9. The zero-order valence-electron chi connectivity index (χ0n) is 14.1. The average molecular weight is 354 g/mol. The van der Waals surface area contributed by atoms with Gasteiger partial charge in [0.15, 0.2) is 0 Å². The SMILES string of the molecule is Cc1cnc2ccc(N3CCNCC3)cc2c1Oc1cccc(Cl)c1. The molecule has 1 aliphatic heterocycles. The second-order valence-corrected chi connectivity index (χ2v) is 6.70. The van der Waals surface area contributed by atoms with Crippen LogP contribution in [-0.2, 0) is 0 Å². The standard InChI is InChI=1S/C20H20ClN3O/c1-14-13-23-19-6-5-16(24-9-7-22-8-10-24)12-18(19)20(14)25-17-4-2-3-15(21)11-17/h2-6,11-13,22H,7-10H2,1H3. The van der Waals surface area contributed by atoms with Crippen LogP contribution in [0.2, 0.25) is 5.02 Å². The van der Waals surface area contributed by atoms with Crippen LogP contribution >= 0.6 is 11.6 Å². The third-order valence-corrected chi connectivity index (χ3v) is 4.71. The van der Waals surface area contributed by atoms with Gasteiger partial charge in [-0.15, -0.1) is 0 Å². The summed E-state index contributed by atoms with van der Waals surface area (Å²) >= 11 is 6.09. The number of ether oxygens (including phenoxy) is 1. The number of anilines is 1. The summed E-state index contributed by atoms with van der Waals surface area (Å²) in [5, 5.41) is 5.08. The molecule has 1 saturated heterocycles. The van der Waals surface area contributed by atoms with E-state index in [4.69, 9.17) is 16.3 Å². The van der Waals surface area contributed by atoms with Crippen LogP contribution in [-0.4, -0.2) is 31.2 Å². The molecule has 0 aliphatic carbocycles. The van der Waals surface area contributed by atoms with E-state index in [1.807, 2.05) is 37.4 Å². The largest absolute Gasteiger partial charge is 0.456 e. The topological polar surface area (TPSA) is 37.4 Å². The molecule has 0 saturated carbocycles. The number of pyridine rings is 1. The van der Waals surface area contributed by atoms with Crippen LogP contribution < -0.4 is 15.0 Å². The van der Waals surface area contributed by atoms with Crippen molar-refractivity contribution in [1.29, 1.82) is 0 Å². The summed E-state index contributed by atoms with van der Waals surface area (Å²) in [6, 6.07) is 13.9.